The lowest BCUT2D eigenvalue weighted by atomic mass is 10.1. The third kappa shape index (κ3) is 5.76. The highest BCUT2D eigenvalue weighted by Gasteiger charge is 2.53. The summed E-state index contributed by atoms with van der Waals surface area (Å²) in [5, 5.41) is 3.54. The number of carbonyl (C=O) groups is 3. The van der Waals surface area contributed by atoms with Crippen LogP contribution in [0.3, 0.4) is 0 Å². The van der Waals surface area contributed by atoms with Crippen molar-refractivity contribution in [2.45, 2.75) is 64.6 Å². The number of nitrogens with two attached hydrogens (primary N) is 1. The van der Waals surface area contributed by atoms with E-state index in [1.807, 2.05) is 5.01 Å². The summed E-state index contributed by atoms with van der Waals surface area (Å²) in [5.74, 6) is -1.68. The van der Waals surface area contributed by atoms with Crippen LogP contribution in [0.5, 0.6) is 0 Å². The summed E-state index contributed by atoms with van der Waals surface area (Å²) in [7, 11) is 0. The number of esters is 3. The predicted octanol–water partition coefficient (Wildman–Crippen LogP) is 0.0843. The standard InChI is InChI=1S/C17H27N3O7S/c1-10(21)24-9-13-14(25-11(2)22)15(26-12(3)23)16(27-13)20(17(18)28)19-7-5-4-6-8-19/h13-16H,4-9H2,1-3H3,(H2,18,28)/t13-,14-,15-,16-/m1/s1. The molecule has 10 nitrogen and oxygen atoms in total. The van der Waals surface area contributed by atoms with E-state index in [4.69, 9.17) is 36.9 Å². The van der Waals surface area contributed by atoms with Crippen LogP contribution in [0.25, 0.3) is 0 Å². The summed E-state index contributed by atoms with van der Waals surface area (Å²) >= 11 is 5.22. The van der Waals surface area contributed by atoms with Gasteiger partial charge in [-0.25, -0.2) is 10.0 Å². The molecule has 2 saturated heterocycles. The first-order valence-corrected chi connectivity index (χ1v) is 9.58. The first kappa shape index (κ1) is 22.3. The summed E-state index contributed by atoms with van der Waals surface area (Å²) < 4.78 is 21.8. The average Bonchev–Trinajstić information content (AvgIpc) is 2.90. The van der Waals surface area contributed by atoms with Crippen molar-refractivity contribution in [1.82, 2.24) is 10.0 Å². The Morgan fingerprint density at radius 3 is 2.11 bits per heavy atom. The fourth-order valence-electron chi connectivity index (χ4n) is 3.41. The predicted molar refractivity (Wildman–Crippen MR) is 100 cm³/mol. The van der Waals surface area contributed by atoms with Gasteiger partial charge in [0.25, 0.3) is 0 Å². The van der Waals surface area contributed by atoms with Crippen LogP contribution in [0.1, 0.15) is 40.0 Å². The Hall–Kier alpha value is -1.98. The molecule has 0 bridgehead atoms. The van der Waals surface area contributed by atoms with E-state index >= 15 is 0 Å². The summed E-state index contributed by atoms with van der Waals surface area (Å²) in [6.07, 6.45) is -0.736. The fraction of sp³-hybridized carbons (Fsp3) is 0.765. The van der Waals surface area contributed by atoms with Crippen molar-refractivity contribution in [1.29, 1.82) is 0 Å². The molecule has 0 unspecified atom stereocenters. The van der Waals surface area contributed by atoms with E-state index in [0.717, 1.165) is 19.3 Å². The molecule has 0 amide bonds. The smallest absolute Gasteiger partial charge is 0.303 e. The van der Waals surface area contributed by atoms with Gasteiger partial charge in [0.2, 0.25) is 0 Å². The SMILES string of the molecule is CC(=O)OC[C@H]1O[C@@H](N(C(N)=S)N2CCCCC2)[C@H](OC(C)=O)[C@@H]1OC(C)=O. The molecule has 2 heterocycles. The van der Waals surface area contributed by atoms with Gasteiger partial charge in [-0.05, 0) is 25.1 Å². The molecule has 0 aromatic rings. The summed E-state index contributed by atoms with van der Waals surface area (Å²) in [5.41, 5.74) is 5.96. The molecule has 0 aromatic heterocycles. The van der Waals surface area contributed by atoms with Gasteiger partial charge in [0.05, 0.1) is 0 Å². The molecule has 2 N–H and O–H groups in total. The lowest BCUT2D eigenvalue weighted by molar-refractivity contribution is -0.177. The molecule has 158 valence electrons. The van der Waals surface area contributed by atoms with Crippen LogP contribution >= 0.6 is 12.2 Å². The van der Waals surface area contributed by atoms with Crippen molar-refractivity contribution in [3.63, 3.8) is 0 Å². The van der Waals surface area contributed by atoms with Crippen LogP contribution in [-0.2, 0) is 33.3 Å². The average molecular weight is 417 g/mol. The highest BCUT2D eigenvalue weighted by molar-refractivity contribution is 7.80. The second-order valence-electron chi connectivity index (χ2n) is 6.71. The van der Waals surface area contributed by atoms with Crippen molar-refractivity contribution in [3.8, 4) is 0 Å². The first-order valence-electron chi connectivity index (χ1n) is 9.17. The van der Waals surface area contributed by atoms with Crippen molar-refractivity contribution < 1.29 is 33.3 Å². The van der Waals surface area contributed by atoms with Crippen LogP contribution in [0, 0.1) is 0 Å². The number of ether oxygens (including phenoxy) is 4. The largest absolute Gasteiger partial charge is 0.463 e. The molecule has 0 radical (unpaired) electrons. The van der Waals surface area contributed by atoms with Gasteiger partial charge < -0.3 is 24.7 Å². The number of carbonyl (C=O) groups excluding carboxylic acids is 3. The molecule has 0 saturated carbocycles. The Kier molecular flexibility index (Phi) is 7.96. The maximum Gasteiger partial charge on any atom is 0.303 e. The van der Waals surface area contributed by atoms with E-state index in [2.05, 4.69) is 0 Å². The number of hydrogen-bond donors (Lipinski definition) is 1. The monoisotopic (exact) mass is 417 g/mol. The minimum Gasteiger partial charge on any atom is -0.463 e. The van der Waals surface area contributed by atoms with E-state index < -0.39 is 42.4 Å². The topological polar surface area (TPSA) is 121 Å². The second-order valence-corrected chi connectivity index (χ2v) is 7.13. The minimum absolute atomic E-state index is 0.0405. The maximum atomic E-state index is 11.7. The van der Waals surface area contributed by atoms with Gasteiger partial charge in [-0.3, -0.25) is 14.4 Å². The Balaban J connectivity index is 2.33. The van der Waals surface area contributed by atoms with E-state index in [0.29, 0.717) is 13.1 Å². The van der Waals surface area contributed by atoms with Gasteiger partial charge in [0.1, 0.15) is 12.7 Å². The maximum absolute atomic E-state index is 11.7. The number of hydrazine groups is 1. The van der Waals surface area contributed by atoms with Crippen LogP contribution < -0.4 is 5.73 Å². The minimum atomic E-state index is -0.995. The summed E-state index contributed by atoms with van der Waals surface area (Å²) in [6, 6.07) is 0. The first-order chi connectivity index (χ1) is 13.2. The number of thiocarbonyl (C=S) groups is 1. The Bertz CT molecular complexity index is 612. The molecule has 0 aliphatic carbocycles. The second kappa shape index (κ2) is 9.99. The number of piperidine rings is 1. The highest BCUT2D eigenvalue weighted by Crippen LogP contribution is 2.31. The van der Waals surface area contributed by atoms with Crippen molar-refractivity contribution in [2.75, 3.05) is 19.7 Å². The molecular weight excluding hydrogens is 390 g/mol. The van der Waals surface area contributed by atoms with Gasteiger partial charge in [-0.2, -0.15) is 0 Å². The van der Waals surface area contributed by atoms with Gasteiger partial charge >= 0.3 is 17.9 Å². The lowest BCUT2D eigenvalue weighted by Crippen LogP contribution is -2.59. The molecule has 11 heteroatoms. The Morgan fingerprint density at radius 1 is 1.04 bits per heavy atom. The van der Waals surface area contributed by atoms with Crippen LogP contribution in [0.15, 0.2) is 0 Å². The normalized spacial score (nSPS) is 27.7. The quantitative estimate of drug-likeness (QED) is 0.359. The number of rotatable bonds is 6. The van der Waals surface area contributed by atoms with Gasteiger partial charge in [-0.1, -0.05) is 6.42 Å². The van der Waals surface area contributed by atoms with Crippen LogP contribution in [0.2, 0.25) is 0 Å². The molecule has 0 spiro atoms. The van der Waals surface area contributed by atoms with Gasteiger partial charge in [0.15, 0.2) is 23.5 Å². The van der Waals surface area contributed by atoms with E-state index in [1.54, 1.807) is 5.01 Å². The molecule has 28 heavy (non-hydrogen) atoms. The highest BCUT2D eigenvalue weighted by atomic mass is 32.1. The molecule has 4 atom stereocenters. The van der Waals surface area contributed by atoms with Crippen molar-refractivity contribution in [3.05, 3.63) is 0 Å². The zero-order valence-corrected chi connectivity index (χ0v) is 17.1. The van der Waals surface area contributed by atoms with E-state index in [1.165, 1.54) is 20.8 Å². The third-order valence-electron chi connectivity index (χ3n) is 4.44. The molecule has 2 aliphatic heterocycles. The number of hydrogen-bond acceptors (Lipinski definition) is 9. The van der Waals surface area contributed by atoms with Crippen molar-refractivity contribution in [2.24, 2.45) is 5.73 Å². The number of nitrogens with zero attached hydrogens (tertiary/aromatic N) is 2. The van der Waals surface area contributed by atoms with Gasteiger partial charge in [-0.15, -0.1) is 0 Å². The molecule has 2 fully saturated rings. The Labute approximate surface area is 169 Å². The van der Waals surface area contributed by atoms with E-state index in [-0.39, 0.29) is 11.7 Å². The van der Waals surface area contributed by atoms with Crippen molar-refractivity contribution >= 4 is 35.2 Å². The van der Waals surface area contributed by atoms with Gasteiger partial charge in [0, 0.05) is 33.9 Å². The summed E-state index contributed by atoms with van der Waals surface area (Å²) in [4.78, 5) is 34.6. The fourth-order valence-corrected chi connectivity index (χ4v) is 3.63. The summed E-state index contributed by atoms with van der Waals surface area (Å²) in [6.45, 7) is 4.97. The molecule has 2 aliphatic rings. The zero-order valence-electron chi connectivity index (χ0n) is 16.3. The molecule has 0 aromatic carbocycles. The third-order valence-corrected chi connectivity index (χ3v) is 4.63. The lowest BCUT2D eigenvalue weighted by Gasteiger charge is -2.42. The van der Waals surface area contributed by atoms with Crippen LogP contribution in [-0.4, -0.2) is 77.3 Å². The Morgan fingerprint density at radius 2 is 1.61 bits per heavy atom. The zero-order chi connectivity index (χ0) is 20.8. The van der Waals surface area contributed by atoms with Crippen LogP contribution in [0.4, 0.5) is 0 Å². The van der Waals surface area contributed by atoms with E-state index in [9.17, 15) is 14.4 Å². The molecule has 2 rings (SSSR count). The molecular formula is C17H27N3O7S.